The fourth-order valence-corrected chi connectivity index (χ4v) is 2.68. The van der Waals surface area contributed by atoms with E-state index in [0.29, 0.717) is 16.6 Å². The van der Waals surface area contributed by atoms with Crippen molar-refractivity contribution in [2.75, 3.05) is 11.9 Å². The topological polar surface area (TPSA) is 45.0 Å². The third-order valence-electron chi connectivity index (χ3n) is 3.97. The van der Waals surface area contributed by atoms with Crippen molar-refractivity contribution in [3.8, 4) is 6.07 Å². The Labute approximate surface area is 119 Å². The number of anilines is 1. The van der Waals surface area contributed by atoms with Crippen LogP contribution >= 0.6 is 11.6 Å². The van der Waals surface area contributed by atoms with Crippen LogP contribution in [-0.2, 0) is 4.74 Å². The van der Waals surface area contributed by atoms with Crippen LogP contribution in [0.2, 0.25) is 5.02 Å². The van der Waals surface area contributed by atoms with Gasteiger partial charge in [0.1, 0.15) is 0 Å². The lowest BCUT2D eigenvalue weighted by atomic mass is 9.64. The quantitative estimate of drug-likeness (QED) is 0.910. The standard InChI is InChI=1S/C15H19ClN2O/c1-4-19-14-8-13(15(14,2)3)18-12-7-10(9-17)5-6-11(12)16/h5-7,13-14,18H,4,8H2,1-3H3. The highest BCUT2D eigenvalue weighted by Crippen LogP contribution is 2.45. The summed E-state index contributed by atoms with van der Waals surface area (Å²) >= 11 is 6.17. The zero-order chi connectivity index (χ0) is 14.0. The molecule has 4 heteroatoms. The number of halogens is 1. The fraction of sp³-hybridized carbons (Fsp3) is 0.533. The normalized spacial score (nSPS) is 24.4. The number of hydrogen-bond acceptors (Lipinski definition) is 3. The summed E-state index contributed by atoms with van der Waals surface area (Å²) in [6, 6.07) is 7.73. The number of nitriles is 1. The Morgan fingerprint density at radius 3 is 2.84 bits per heavy atom. The molecule has 1 saturated carbocycles. The molecule has 0 saturated heterocycles. The lowest BCUT2D eigenvalue weighted by Crippen LogP contribution is -2.58. The molecule has 0 heterocycles. The maximum Gasteiger partial charge on any atom is 0.0992 e. The lowest BCUT2D eigenvalue weighted by Gasteiger charge is -2.52. The molecule has 1 aliphatic rings. The van der Waals surface area contributed by atoms with Gasteiger partial charge in [-0.25, -0.2) is 0 Å². The monoisotopic (exact) mass is 278 g/mol. The minimum absolute atomic E-state index is 0.0714. The van der Waals surface area contributed by atoms with Gasteiger partial charge in [0.15, 0.2) is 0 Å². The Kier molecular flexibility index (Phi) is 4.03. The molecule has 19 heavy (non-hydrogen) atoms. The van der Waals surface area contributed by atoms with Crippen LogP contribution in [0.3, 0.4) is 0 Å². The first-order valence-corrected chi connectivity index (χ1v) is 6.94. The molecule has 1 aromatic carbocycles. The van der Waals surface area contributed by atoms with Gasteiger partial charge in [-0.2, -0.15) is 5.26 Å². The Hall–Kier alpha value is -1.24. The van der Waals surface area contributed by atoms with Gasteiger partial charge in [0.2, 0.25) is 0 Å². The number of nitrogens with zero attached hydrogens (tertiary/aromatic N) is 1. The lowest BCUT2D eigenvalue weighted by molar-refractivity contribution is -0.0975. The summed E-state index contributed by atoms with van der Waals surface area (Å²) in [4.78, 5) is 0. The number of benzene rings is 1. The number of nitrogens with one attached hydrogen (secondary N) is 1. The zero-order valence-corrected chi connectivity index (χ0v) is 12.3. The van der Waals surface area contributed by atoms with E-state index in [0.717, 1.165) is 18.7 Å². The molecular formula is C15H19ClN2O. The first kappa shape index (κ1) is 14.2. The van der Waals surface area contributed by atoms with Crippen LogP contribution in [0.5, 0.6) is 0 Å². The zero-order valence-electron chi connectivity index (χ0n) is 11.5. The van der Waals surface area contributed by atoms with E-state index in [1.807, 2.05) is 6.92 Å². The predicted octanol–water partition coefficient (Wildman–Crippen LogP) is 3.83. The maximum atomic E-state index is 8.93. The molecule has 1 aromatic rings. The van der Waals surface area contributed by atoms with Gasteiger partial charge in [0.25, 0.3) is 0 Å². The van der Waals surface area contributed by atoms with E-state index in [1.165, 1.54) is 0 Å². The first-order valence-electron chi connectivity index (χ1n) is 6.56. The van der Waals surface area contributed by atoms with Gasteiger partial charge >= 0.3 is 0 Å². The second kappa shape index (κ2) is 5.40. The van der Waals surface area contributed by atoms with Gasteiger partial charge in [-0.05, 0) is 31.5 Å². The Morgan fingerprint density at radius 2 is 2.26 bits per heavy atom. The van der Waals surface area contributed by atoms with Crippen molar-refractivity contribution >= 4 is 17.3 Å². The SMILES string of the molecule is CCOC1CC(Nc2cc(C#N)ccc2Cl)C1(C)C. The summed E-state index contributed by atoms with van der Waals surface area (Å²) < 4.78 is 5.71. The van der Waals surface area contributed by atoms with E-state index < -0.39 is 0 Å². The minimum atomic E-state index is 0.0714. The van der Waals surface area contributed by atoms with Crippen molar-refractivity contribution in [2.45, 2.75) is 39.3 Å². The molecule has 2 unspecified atom stereocenters. The molecule has 0 aromatic heterocycles. The van der Waals surface area contributed by atoms with Gasteiger partial charge in [0.05, 0.1) is 28.4 Å². The van der Waals surface area contributed by atoms with E-state index in [-0.39, 0.29) is 11.5 Å². The second-order valence-electron chi connectivity index (χ2n) is 5.50. The average Bonchev–Trinajstić information content (AvgIpc) is 2.39. The van der Waals surface area contributed by atoms with Crippen LogP contribution in [0, 0.1) is 16.7 Å². The van der Waals surface area contributed by atoms with E-state index in [2.05, 4.69) is 25.2 Å². The third-order valence-corrected chi connectivity index (χ3v) is 4.30. The summed E-state index contributed by atoms with van der Waals surface area (Å²) in [5.74, 6) is 0. The molecule has 2 atom stereocenters. The van der Waals surface area contributed by atoms with Crippen molar-refractivity contribution in [1.29, 1.82) is 5.26 Å². The summed E-state index contributed by atoms with van der Waals surface area (Å²) in [7, 11) is 0. The molecule has 1 aliphatic carbocycles. The molecule has 0 spiro atoms. The van der Waals surface area contributed by atoms with Crippen LogP contribution in [0.15, 0.2) is 18.2 Å². The van der Waals surface area contributed by atoms with Crippen molar-refractivity contribution in [3.63, 3.8) is 0 Å². The molecule has 3 nitrogen and oxygen atoms in total. The van der Waals surface area contributed by atoms with E-state index in [9.17, 15) is 0 Å². The minimum Gasteiger partial charge on any atom is -0.380 e. The summed E-state index contributed by atoms with van der Waals surface area (Å²) in [6.07, 6.45) is 1.25. The predicted molar refractivity (Wildman–Crippen MR) is 77.4 cm³/mol. The molecule has 1 N–H and O–H groups in total. The van der Waals surface area contributed by atoms with Crippen molar-refractivity contribution in [1.82, 2.24) is 0 Å². The van der Waals surface area contributed by atoms with Crippen molar-refractivity contribution < 1.29 is 4.74 Å². The molecule has 0 radical (unpaired) electrons. The average molecular weight is 279 g/mol. The van der Waals surface area contributed by atoms with Crippen molar-refractivity contribution in [3.05, 3.63) is 28.8 Å². The van der Waals surface area contributed by atoms with Gasteiger partial charge < -0.3 is 10.1 Å². The van der Waals surface area contributed by atoms with Crippen LogP contribution < -0.4 is 5.32 Å². The Morgan fingerprint density at radius 1 is 1.53 bits per heavy atom. The van der Waals surface area contributed by atoms with Crippen LogP contribution in [0.4, 0.5) is 5.69 Å². The highest BCUT2D eigenvalue weighted by molar-refractivity contribution is 6.33. The smallest absolute Gasteiger partial charge is 0.0992 e. The Bertz CT molecular complexity index is 507. The molecular weight excluding hydrogens is 260 g/mol. The molecule has 2 rings (SSSR count). The number of rotatable bonds is 4. The van der Waals surface area contributed by atoms with E-state index in [4.69, 9.17) is 21.6 Å². The van der Waals surface area contributed by atoms with Gasteiger partial charge in [-0.15, -0.1) is 0 Å². The van der Waals surface area contributed by atoms with Crippen LogP contribution in [0.1, 0.15) is 32.8 Å². The maximum absolute atomic E-state index is 8.93. The van der Waals surface area contributed by atoms with Gasteiger partial charge in [-0.3, -0.25) is 0 Å². The Balaban J connectivity index is 2.09. The molecule has 0 aliphatic heterocycles. The first-order chi connectivity index (χ1) is 8.98. The van der Waals surface area contributed by atoms with Crippen LogP contribution in [-0.4, -0.2) is 18.8 Å². The highest BCUT2D eigenvalue weighted by atomic mass is 35.5. The number of hydrogen-bond donors (Lipinski definition) is 1. The largest absolute Gasteiger partial charge is 0.380 e. The van der Waals surface area contributed by atoms with Crippen molar-refractivity contribution in [2.24, 2.45) is 5.41 Å². The van der Waals surface area contributed by atoms with E-state index >= 15 is 0 Å². The fourth-order valence-electron chi connectivity index (χ4n) is 2.51. The van der Waals surface area contributed by atoms with Gasteiger partial charge in [-0.1, -0.05) is 25.4 Å². The molecule has 102 valence electrons. The summed E-state index contributed by atoms with van der Waals surface area (Å²) in [6.45, 7) is 7.14. The second-order valence-corrected chi connectivity index (χ2v) is 5.91. The van der Waals surface area contributed by atoms with Crippen LogP contribution in [0.25, 0.3) is 0 Å². The summed E-state index contributed by atoms with van der Waals surface area (Å²) in [5.41, 5.74) is 1.52. The van der Waals surface area contributed by atoms with E-state index in [1.54, 1.807) is 18.2 Å². The summed E-state index contributed by atoms with van der Waals surface area (Å²) in [5, 5.41) is 13.0. The third kappa shape index (κ3) is 2.70. The number of ether oxygens (including phenoxy) is 1. The molecule has 0 amide bonds. The molecule has 1 fully saturated rings. The van der Waals surface area contributed by atoms with Gasteiger partial charge in [0, 0.05) is 18.1 Å². The molecule has 0 bridgehead atoms. The highest BCUT2D eigenvalue weighted by Gasteiger charge is 2.48.